The van der Waals surface area contributed by atoms with Crippen molar-refractivity contribution < 1.29 is 9.59 Å². The SMILES string of the molecule is Cc1cccc(CN2C(=O)[C@@H](C3Cc4ccccc4C3)NC(=O)[C@H]2C2CC2)c1. The maximum Gasteiger partial charge on any atom is 0.246 e. The van der Waals surface area contributed by atoms with Crippen molar-refractivity contribution in [2.24, 2.45) is 11.8 Å². The van der Waals surface area contributed by atoms with Crippen molar-refractivity contribution in [1.82, 2.24) is 10.2 Å². The van der Waals surface area contributed by atoms with Gasteiger partial charge < -0.3 is 10.2 Å². The van der Waals surface area contributed by atoms with Gasteiger partial charge >= 0.3 is 0 Å². The molecule has 4 nitrogen and oxygen atoms in total. The molecule has 28 heavy (non-hydrogen) atoms. The van der Waals surface area contributed by atoms with Gasteiger partial charge in [0.2, 0.25) is 11.8 Å². The van der Waals surface area contributed by atoms with E-state index in [4.69, 9.17) is 0 Å². The number of piperazine rings is 1. The van der Waals surface area contributed by atoms with Gasteiger partial charge in [-0.25, -0.2) is 0 Å². The molecule has 3 aliphatic rings. The molecular formula is C24H26N2O2. The molecule has 1 aliphatic heterocycles. The highest BCUT2D eigenvalue weighted by atomic mass is 16.2. The predicted octanol–water partition coefficient (Wildman–Crippen LogP) is 3.02. The van der Waals surface area contributed by atoms with E-state index in [9.17, 15) is 9.59 Å². The first-order chi connectivity index (χ1) is 13.6. The minimum Gasteiger partial charge on any atom is -0.342 e. The Balaban J connectivity index is 1.42. The van der Waals surface area contributed by atoms with Crippen LogP contribution < -0.4 is 5.32 Å². The van der Waals surface area contributed by atoms with Crippen LogP contribution in [0.25, 0.3) is 0 Å². The molecule has 2 aliphatic carbocycles. The summed E-state index contributed by atoms with van der Waals surface area (Å²) in [6.45, 7) is 2.58. The second-order valence-electron chi connectivity index (χ2n) is 8.66. The van der Waals surface area contributed by atoms with Gasteiger partial charge in [-0.05, 0) is 61.1 Å². The Morgan fingerprint density at radius 3 is 2.32 bits per heavy atom. The van der Waals surface area contributed by atoms with E-state index in [1.165, 1.54) is 16.7 Å². The number of fused-ring (bicyclic) bond motifs is 1. The molecule has 2 atom stereocenters. The van der Waals surface area contributed by atoms with E-state index in [0.717, 1.165) is 31.2 Å². The molecule has 0 spiro atoms. The van der Waals surface area contributed by atoms with Gasteiger partial charge in [-0.2, -0.15) is 0 Å². The van der Waals surface area contributed by atoms with Gasteiger partial charge in [0.15, 0.2) is 0 Å². The zero-order valence-electron chi connectivity index (χ0n) is 16.2. The fourth-order valence-corrected chi connectivity index (χ4v) is 4.97. The van der Waals surface area contributed by atoms with Crippen LogP contribution in [0.3, 0.4) is 0 Å². The van der Waals surface area contributed by atoms with Crippen LogP contribution in [-0.4, -0.2) is 28.8 Å². The highest BCUT2D eigenvalue weighted by Gasteiger charge is 2.50. The number of benzene rings is 2. The molecule has 2 aromatic carbocycles. The van der Waals surface area contributed by atoms with Gasteiger partial charge in [-0.3, -0.25) is 9.59 Å². The van der Waals surface area contributed by atoms with Gasteiger partial charge in [-0.15, -0.1) is 0 Å². The smallest absolute Gasteiger partial charge is 0.246 e. The van der Waals surface area contributed by atoms with Crippen LogP contribution in [0.1, 0.15) is 35.1 Å². The number of carbonyl (C=O) groups excluding carboxylic acids is 2. The lowest BCUT2D eigenvalue weighted by molar-refractivity contribution is -0.152. The van der Waals surface area contributed by atoms with Crippen LogP contribution >= 0.6 is 0 Å². The fourth-order valence-electron chi connectivity index (χ4n) is 4.97. The van der Waals surface area contributed by atoms with Crippen LogP contribution in [0, 0.1) is 18.8 Å². The van der Waals surface area contributed by atoms with E-state index in [1.54, 1.807) is 0 Å². The van der Waals surface area contributed by atoms with Crippen molar-refractivity contribution in [2.75, 3.05) is 0 Å². The summed E-state index contributed by atoms with van der Waals surface area (Å²) in [5.74, 6) is 0.594. The van der Waals surface area contributed by atoms with E-state index < -0.39 is 6.04 Å². The number of amides is 2. The number of aryl methyl sites for hydroxylation is 1. The van der Waals surface area contributed by atoms with Crippen molar-refractivity contribution >= 4 is 11.8 Å². The number of nitrogens with one attached hydrogen (secondary N) is 1. The molecule has 1 saturated carbocycles. The number of nitrogens with zero attached hydrogens (tertiary/aromatic N) is 1. The Kier molecular flexibility index (Phi) is 4.22. The maximum absolute atomic E-state index is 13.6. The molecular weight excluding hydrogens is 348 g/mol. The van der Waals surface area contributed by atoms with Crippen molar-refractivity contribution in [2.45, 2.75) is 51.2 Å². The molecule has 5 rings (SSSR count). The van der Waals surface area contributed by atoms with Crippen molar-refractivity contribution in [3.8, 4) is 0 Å². The van der Waals surface area contributed by atoms with E-state index in [-0.39, 0.29) is 23.8 Å². The van der Waals surface area contributed by atoms with Gasteiger partial charge in [0.25, 0.3) is 0 Å². The summed E-state index contributed by atoms with van der Waals surface area (Å²) in [6.07, 6.45) is 3.79. The molecule has 144 valence electrons. The summed E-state index contributed by atoms with van der Waals surface area (Å²) in [5.41, 5.74) is 4.90. The normalized spacial score (nSPS) is 25.0. The van der Waals surface area contributed by atoms with Gasteiger partial charge in [0, 0.05) is 6.54 Å². The molecule has 0 radical (unpaired) electrons. The highest BCUT2D eigenvalue weighted by Crippen LogP contribution is 2.39. The Morgan fingerprint density at radius 1 is 0.964 bits per heavy atom. The van der Waals surface area contributed by atoms with Crippen LogP contribution in [-0.2, 0) is 29.0 Å². The van der Waals surface area contributed by atoms with E-state index in [1.807, 2.05) is 11.0 Å². The standard InChI is InChI=1S/C24H26N2O2/c1-15-5-4-6-16(11-15)14-26-22(17-9-10-17)23(27)25-21(24(26)28)20-12-18-7-2-3-8-19(18)13-20/h2-8,11,17,20-22H,9-10,12-14H2,1H3,(H,25,27)/t21-,22-/m1/s1. The third kappa shape index (κ3) is 3.11. The molecule has 2 aromatic rings. The Morgan fingerprint density at radius 2 is 1.68 bits per heavy atom. The Bertz CT molecular complexity index is 909. The quantitative estimate of drug-likeness (QED) is 0.894. The second-order valence-corrected chi connectivity index (χ2v) is 8.66. The number of hydrogen-bond donors (Lipinski definition) is 1. The summed E-state index contributed by atoms with van der Waals surface area (Å²) in [6, 6.07) is 15.9. The van der Waals surface area contributed by atoms with Gasteiger partial charge in [0.05, 0.1) is 0 Å². The minimum atomic E-state index is -0.417. The molecule has 1 N–H and O–H groups in total. The van der Waals surface area contributed by atoms with Crippen LogP contribution in [0.5, 0.6) is 0 Å². The van der Waals surface area contributed by atoms with Crippen molar-refractivity contribution in [3.05, 3.63) is 70.8 Å². The molecule has 0 aromatic heterocycles. The van der Waals surface area contributed by atoms with Gasteiger partial charge in [-0.1, -0.05) is 54.1 Å². The molecule has 2 fully saturated rings. The molecule has 1 saturated heterocycles. The number of carbonyl (C=O) groups is 2. The minimum absolute atomic E-state index is 0.0377. The van der Waals surface area contributed by atoms with Crippen LogP contribution in [0.2, 0.25) is 0 Å². The van der Waals surface area contributed by atoms with Gasteiger partial charge in [0.1, 0.15) is 12.1 Å². The summed E-state index contributed by atoms with van der Waals surface area (Å²) >= 11 is 0. The highest BCUT2D eigenvalue weighted by molar-refractivity contribution is 5.97. The van der Waals surface area contributed by atoms with E-state index >= 15 is 0 Å². The van der Waals surface area contributed by atoms with Crippen LogP contribution in [0.4, 0.5) is 0 Å². The average Bonchev–Trinajstić information content (AvgIpc) is 3.41. The number of hydrogen-bond acceptors (Lipinski definition) is 2. The second kappa shape index (κ2) is 6.77. The zero-order chi connectivity index (χ0) is 19.3. The monoisotopic (exact) mass is 374 g/mol. The Labute approximate surface area is 165 Å². The largest absolute Gasteiger partial charge is 0.342 e. The van der Waals surface area contributed by atoms with Crippen molar-refractivity contribution in [3.63, 3.8) is 0 Å². The Hall–Kier alpha value is -2.62. The lowest BCUT2D eigenvalue weighted by atomic mass is 9.91. The molecule has 4 heteroatoms. The fraction of sp³-hybridized carbons (Fsp3) is 0.417. The van der Waals surface area contributed by atoms with Crippen molar-refractivity contribution in [1.29, 1.82) is 0 Å². The van der Waals surface area contributed by atoms with E-state index in [0.29, 0.717) is 12.5 Å². The lowest BCUT2D eigenvalue weighted by Crippen LogP contribution is -2.65. The predicted molar refractivity (Wildman–Crippen MR) is 108 cm³/mol. The van der Waals surface area contributed by atoms with Crippen LogP contribution in [0.15, 0.2) is 48.5 Å². The molecule has 1 heterocycles. The third-order valence-corrected chi connectivity index (χ3v) is 6.51. The summed E-state index contributed by atoms with van der Waals surface area (Å²) in [4.78, 5) is 28.5. The molecule has 0 bridgehead atoms. The third-order valence-electron chi connectivity index (χ3n) is 6.51. The first kappa shape index (κ1) is 17.5. The topological polar surface area (TPSA) is 49.4 Å². The first-order valence-corrected chi connectivity index (χ1v) is 10.3. The molecule has 2 amide bonds. The lowest BCUT2D eigenvalue weighted by Gasteiger charge is -2.41. The zero-order valence-corrected chi connectivity index (χ0v) is 16.2. The summed E-state index contributed by atoms with van der Waals surface area (Å²) in [7, 11) is 0. The average molecular weight is 374 g/mol. The van der Waals surface area contributed by atoms with E-state index in [2.05, 4.69) is 54.7 Å². The summed E-state index contributed by atoms with van der Waals surface area (Å²) < 4.78 is 0. The first-order valence-electron chi connectivity index (χ1n) is 10.3. The summed E-state index contributed by atoms with van der Waals surface area (Å²) in [5, 5.41) is 3.11. The number of rotatable bonds is 4. The maximum atomic E-state index is 13.6. The molecule has 0 unspecified atom stereocenters.